The highest BCUT2D eigenvalue weighted by atomic mass is 16.2. The average Bonchev–Trinajstić information content (AvgIpc) is 2.63. The van der Waals surface area contributed by atoms with Crippen LogP contribution in [0.5, 0.6) is 0 Å². The first-order chi connectivity index (χ1) is 12.1. The summed E-state index contributed by atoms with van der Waals surface area (Å²) in [6.07, 6.45) is 0.428. The molecule has 0 fully saturated rings. The van der Waals surface area contributed by atoms with Crippen molar-refractivity contribution in [2.24, 2.45) is 22.0 Å². The lowest BCUT2D eigenvalue weighted by molar-refractivity contribution is -0.121. The standard InChI is InChI=1S/C19H17N5O/c1-12-9-17(25)23-24-18(12)14-5-7-15(8-6-14)19(22-21)16-4-2-3-13(10-16)11-20/h2-8,10,12H,9,21H2,1H3,(H,23,25). The first-order valence-corrected chi connectivity index (χ1v) is 7.88. The molecule has 0 saturated carbocycles. The lowest BCUT2D eigenvalue weighted by atomic mass is 9.92. The van der Waals surface area contributed by atoms with Crippen molar-refractivity contribution >= 4 is 17.3 Å². The van der Waals surface area contributed by atoms with Crippen LogP contribution in [0.2, 0.25) is 0 Å². The van der Waals surface area contributed by atoms with Gasteiger partial charge in [0.2, 0.25) is 5.91 Å². The van der Waals surface area contributed by atoms with E-state index >= 15 is 0 Å². The minimum atomic E-state index is -0.0669. The molecule has 3 N–H and O–H groups in total. The summed E-state index contributed by atoms with van der Waals surface area (Å²) in [7, 11) is 0. The van der Waals surface area contributed by atoms with Gasteiger partial charge in [-0.3, -0.25) is 4.79 Å². The third kappa shape index (κ3) is 3.40. The van der Waals surface area contributed by atoms with Crippen molar-refractivity contribution in [3.05, 3.63) is 70.8 Å². The van der Waals surface area contributed by atoms with Gasteiger partial charge in [-0.1, -0.05) is 43.3 Å². The molecule has 0 aliphatic carbocycles. The number of carbonyl (C=O) groups is 1. The number of hydrogen-bond donors (Lipinski definition) is 2. The van der Waals surface area contributed by atoms with E-state index in [1.54, 1.807) is 18.2 Å². The van der Waals surface area contributed by atoms with Gasteiger partial charge in [-0.15, -0.1) is 0 Å². The highest BCUT2D eigenvalue weighted by Crippen LogP contribution is 2.19. The maximum absolute atomic E-state index is 11.4. The van der Waals surface area contributed by atoms with Gasteiger partial charge < -0.3 is 5.84 Å². The lowest BCUT2D eigenvalue weighted by Crippen LogP contribution is -2.31. The number of nitrogens with two attached hydrogens (primary N) is 1. The van der Waals surface area contributed by atoms with Crippen LogP contribution >= 0.6 is 0 Å². The van der Waals surface area contributed by atoms with E-state index in [4.69, 9.17) is 11.1 Å². The van der Waals surface area contributed by atoms with Gasteiger partial charge in [0.1, 0.15) is 0 Å². The minimum absolute atomic E-state index is 0.0644. The van der Waals surface area contributed by atoms with E-state index in [0.29, 0.717) is 17.7 Å². The predicted octanol–water partition coefficient (Wildman–Crippen LogP) is 2.13. The van der Waals surface area contributed by atoms with Crippen LogP contribution in [0.15, 0.2) is 58.7 Å². The predicted molar refractivity (Wildman–Crippen MR) is 95.9 cm³/mol. The Bertz CT molecular complexity index is 906. The molecule has 1 unspecified atom stereocenters. The second-order valence-corrected chi connectivity index (χ2v) is 5.88. The van der Waals surface area contributed by atoms with Crippen molar-refractivity contribution in [3.8, 4) is 6.07 Å². The van der Waals surface area contributed by atoms with E-state index < -0.39 is 0 Å². The monoisotopic (exact) mass is 331 g/mol. The molecule has 1 heterocycles. The third-order valence-electron chi connectivity index (χ3n) is 4.11. The molecule has 6 nitrogen and oxygen atoms in total. The Hall–Kier alpha value is -3.46. The molecule has 1 atom stereocenters. The fourth-order valence-electron chi connectivity index (χ4n) is 2.85. The highest BCUT2D eigenvalue weighted by molar-refractivity contribution is 6.13. The Morgan fingerprint density at radius 2 is 2.04 bits per heavy atom. The number of rotatable bonds is 3. The second-order valence-electron chi connectivity index (χ2n) is 5.88. The van der Waals surface area contributed by atoms with E-state index in [1.165, 1.54) is 0 Å². The summed E-state index contributed by atoms with van der Waals surface area (Å²) in [4.78, 5) is 11.4. The van der Waals surface area contributed by atoms with Gasteiger partial charge in [-0.2, -0.15) is 15.5 Å². The first kappa shape index (κ1) is 16.4. The van der Waals surface area contributed by atoms with Gasteiger partial charge in [0.15, 0.2) is 0 Å². The number of hydrogen-bond acceptors (Lipinski definition) is 5. The lowest BCUT2D eigenvalue weighted by Gasteiger charge is -2.19. The molecule has 6 heteroatoms. The normalized spacial score (nSPS) is 17.4. The summed E-state index contributed by atoms with van der Waals surface area (Å²) < 4.78 is 0. The molecule has 0 radical (unpaired) electrons. The zero-order valence-corrected chi connectivity index (χ0v) is 13.7. The maximum atomic E-state index is 11.4. The van der Waals surface area contributed by atoms with Crippen molar-refractivity contribution in [1.82, 2.24) is 5.43 Å². The van der Waals surface area contributed by atoms with Gasteiger partial charge in [0.25, 0.3) is 0 Å². The van der Waals surface area contributed by atoms with Crippen LogP contribution in [-0.4, -0.2) is 17.3 Å². The molecule has 3 rings (SSSR count). The number of hydrazone groups is 2. The molecule has 124 valence electrons. The third-order valence-corrected chi connectivity index (χ3v) is 4.11. The SMILES string of the molecule is CC1CC(=O)NN=C1c1ccc(C(=NN)c2cccc(C#N)c2)cc1. The summed E-state index contributed by atoms with van der Waals surface area (Å²) in [5.74, 6) is 5.58. The van der Waals surface area contributed by atoms with Gasteiger partial charge in [0.05, 0.1) is 23.1 Å². The first-order valence-electron chi connectivity index (χ1n) is 7.88. The Morgan fingerprint density at radius 1 is 1.28 bits per heavy atom. The van der Waals surface area contributed by atoms with Crippen molar-refractivity contribution < 1.29 is 4.79 Å². The van der Waals surface area contributed by atoms with Gasteiger partial charge in [-0.05, 0) is 17.7 Å². The number of nitriles is 1. The molecule has 0 aromatic heterocycles. The van der Waals surface area contributed by atoms with Crippen molar-refractivity contribution in [2.75, 3.05) is 0 Å². The Balaban J connectivity index is 1.91. The van der Waals surface area contributed by atoms with Crippen LogP contribution in [0.25, 0.3) is 0 Å². The van der Waals surface area contributed by atoms with E-state index in [2.05, 4.69) is 21.7 Å². The zero-order chi connectivity index (χ0) is 17.8. The van der Waals surface area contributed by atoms with E-state index in [1.807, 2.05) is 37.3 Å². The van der Waals surface area contributed by atoms with Crippen LogP contribution in [0.1, 0.15) is 35.6 Å². The van der Waals surface area contributed by atoms with E-state index in [9.17, 15) is 4.79 Å². The molecule has 0 spiro atoms. The van der Waals surface area contributed by atoms with E-state index in [-0.39, 0.29) is 11.8 Å². The molecule has 1 amide bonds. The fourth-order valence-corrected chi connectivity index (χ4v) is 2.85. The maximum Gasteiger partial charge on any atom is 0.240 e. The molecule has 1 aliphatic heterocycles. The molecule has 0 bridgehead atoms. The molecular formula is C19H17N5O. The van der Waals surface area contributed by atoms with Crippen LogP contribution < -0.4 is 11.3 Å². The average molecular weight is 331 g/mol. The Kier molecular flexibility index (Phi) is 4.57. The largest absolute Gasteiger partial charge is 0.323 e. The Morgan fingerprint density at radius 3 is 2.68 bits per heavy atom. The van der Waals surface area contributed by atoms with Gasteiger partial charge in [-0.25, -0.2) is 5.43 Å². The van der Waals surface area contributed by atoms with Crippen LogP contribution in [0.4, 0.5) is 0 Å². The molecule has 1 aliphatic rings. The van der Waals surface area contributed by atoms with Crippen LogP contribution in [-0.2, 0) is 4.79 Å². The van der Waals surface area contributed by atoms with E-state index in [0.717, 1.165) is 22.4 Å². The molecule has 2 aromatic rings. The molecule has 0 saturated heterocycles. The van der Waals surface area contributed by atoms with Crippen LogP contribution in [0, 0.1) is 17.2 Å². The quantitative estimate of drug-likeness (QED) is 0.511. The number of carbonyl (C=O) groups excluding carboxylic acids is 1. The summed E-state index contributed by atoms with van der Waals surface area (Å²) >= 11 is 0. The summed E-state index contributed by atoms with van der Waals surface area (Å²) in [6, 6.07) is 16.9. The highest BCUT2D eigenvalue weighted by Gasteiger charge is 2.21. The summed E-state index contributed by atoms with van der Waals surface area (Å²) in [5.41, 5.74) is 7.10. The van der Waals surface area contributed by atoms with Crippen LogP contribution in [0.3, 0.4) is 0 Å². The Labute approximate surface area is 145 Å². The summed E-state index contributed by atoms with van der Waals surface area (Å²) in [6.45, 7) is 1.98. The zero-order valence-electron chi connectivity index (χ0n) is 13.7. The van der Waals surface area contributed by atoms with Crippen molar-refractivity contribution in [2.45, 2.75) is 13.3 Å². The fraction of sp³-hybridized carbons (Fsp3) is 0.158. The molecule has 25 heavy (non-hydrogen) atoms. The van der Waals surface area contributed by atoms with Crippen molar-refractivity contribution in [3.63, 3.8) is 0 Å². The summed E-state index contributed by atoms with van der Waals surface area (Å²) in [5, 5.41) is 17.1. The number of nitrogens with one attached hydrogen (secondary N) is 1. The van der Waals surface area contributed by atoms with Gasteiger partial charge >= 0.3 is 0 Å². The molecule has 2 aromatic carbocycles. The smallest absolute Gasteiger partial charge is 0.240 e. The van der Waals surface area contributed by atoms with Gasteiger partial charge in [0, 0.05) is 23.5 Å². The molecular weight excluding hydrogens is 314 g/mol. The van der Waals surface area contributed by atoms with Crippen molar-refractivity contribution in [1.29, 1.82) is 5.26 Å². The topological polar surface area (TPSA) is 104 Å². The number of benzene rings is 2. The minimum Gasteiger partial charge on any atom is -0.323 e. The number of nitrogens with zero attached hydrogens (tertiary/aromatic N) is 3. The second kappa shape index (κ2) is 6.97. The number of amides is 1.